The summed E-state index contributed by atoms with van der Waals surface area (Å²) in [5.74, 6) is -0.866. The minimum Gasteiger partial charge on any atom is -0.481 e. The maximum Gasteiger partial charge on any atom is 0.326 e. The lowest BCUT2D eigenvalue weighted by Crippen LogP contribution is -2.12. The minimum atomic E-state index is -0.866. The molecule has 1 radical (unpaired) electrons. The summed E-state index contributed by atoms with van der Waals surface area (Å²) >= 11 is 0. The molecule has 75 valence electrons. The summed E-state index contributed by atoms with van der Waals surface area (Å²) in [5.41, 5.74) is 2.26. The van der Waals surface area contributed by atoms with Gasteiger partial charge in [-0.2, -0.15) is 0 Å². The van der Waals surface area contributed by atoms with Gasteiger partial charge < -0.3 is 15.1 Å². The molecule has 0 aliphatic rings. The van der Waals surface area contributed by atoms with Gasteiger partial charge in [0.15, 0.2) is 0 Å². The van der Waals surface area contributed by atoms with Gasteiger partial charge in [-0.15, -0.1) is 0 Å². The number of aromatic amines is 1. The van der Waals surface area contributed by atoms with Crippen LogP contribution in [-0.4, -0.2) is 28.6 Å². The van der Waals surface area contributed by atoms with Gasteiger partial charge in [0.25, 0.3) is 0 Å². The fourth-order valence-corrected chi connectivity index (χ4v) is 1.59. The van der Waals surface area contributed by atoms with Gasteiger partial charge in [0, 0.05) is 17.1 Å². The molecule has 0 saturated carbocycles. The molecule has 1 aromatic heterocycles. The Kier molecular flexibility index (Phi) is 2.47. The van der Waals surface area contributed by atoms with E-state index in [9.17, 15) is 4.79 Å². The second-order valence-electron chi connectivity index (χ2n) is 3.32. The fourth-order valence-electron chi connectivity index (χ4n) is 1.59. The van der Waals surface area contributed by atoms with Crippen molar-refractivity contribution >= 4 is 29.8 Å². The van der Waals surface area contributed by atoms with Crippen molar-refractivity contribution in [3.63, 3.8) is 0 Å². The van der Waals surface area contributed by atoms with E-state index >= 15 is 0 Å². The average Bonchev–Trinajstić information content (AvgIpc) is 2.60. The van der Waals surface area contributed by atoms with Crippen molar-refractivity contribution in [1.82, 2.24) is 4.98 Å². The van der Waals surface area contributed by atoms with Gasteiger partial charge in [-0.25, -0.2) is 0 Å². The van der Waals surface area contributed by atoms with Crippen molar-refractivity contribution in [2.24, 2.45) is 0 Å². The summed E-state index contributed by atoms with van der Waals surface area (Å²) < 4.78 is 0. The lowest BCUT2D eigenvalue weighted by molar-refractivity contribution is -0.136. The van der Waals surface area contributed by atoms with Gasteiger partial charge >= 0.3 is 13.5 Å². The summed E-state index contributed by atoms with van der Waals surface area (Å²) in [6.07, 6.45) is 1.66. The molecule has 2 rings (SSSR count). The van der Waals surface area contributed by atoms with E-state index in [0.29, 0.717) is 5.46 Å². The van der Waals surface area contributed by atoms with Crippen molar-refractivity contribution in [2.75, 3.05) is 0 Å². The van der Waals surface area contributed by atoms with Crippen molar-refractivity contribution in [2.45, 2.75) is 6.42 Å². The van der Waals surface area contributed by atoms with Gasteiger partial charge in [0.1, 0.15) is 0 Å². The predicted molar refractivity (Wildman–Crippen MR) is 57.2 cm³/mol. The third-order valence-electron chi connectivity index (χ3n) is 2.28. The van der Waals surface area contributed by atoms with Gasteiger partial charge in [-0.1, -0.05) is 17.6 Å². The van der Waals surface area contributed by atoms with Crippen molar-refractivity contribution in [3.8, 4) is 0 Å². The number of hydrogen-bond donors (Lipinski definition) is 3. The van der Waals surface area contributed by atoms with Crippen LogP contribution in [-0.2, 0) is 11.2 Å². The van der Waals surface area contributed by atoms with E-state index in [1.54, 1.807) is 18.3 Å². The first-order valence-corrected chi connectivity index (χ1v) is 4.50. The molecule has 0 aliphatic heterocycles. The van der Waals surface area contributed by atoms with Gasteiger partial charge in [-0.05, 0) is 11.6 Å². The second kappa shape index (κ2) is 3.78. The van der Waals surface area contributed by atoms with Crippen molar-refractivity contribution < 1.29 is 14.9 Å². The number of rotatable bonds is 3. The summed E-state index contributed by atoms with van der Waals surface area (Å²) in [5, 5.41) is 18.4. The number of hydrogen-bond acceptors (Lipinski definition) is 2. The van der Waals surface area contributed by atoms with Gasteiger partial charge in [0.05, 0.1) is 6.42 Å². The van der Waals surface area contributed by atoms with Crippen LogP contribution in [0.1, 0.15) is 5.56 Å². The van der Waals surface area contributed by atoms with Crippen LogP contribution in [0.15, 0.2) is 24.4 Å². The molecule has 3 N–H and O–H groups in total. The third-order valence-corrected chi connectivity index (χ3v) is 2.28. The molecular weight excluding hydrogens is 193 g/mol. The molecule has 0 spiro atoms. The Morgan fingerprint density at radius 3 is 2.93 bits per heavy atom. The van der Waals surface area contributed by atoms with Crippen LogP contribution in [0.5, 0.6) is 0 Å². The molecule has 0 atom stereocenters. The van der Waals surface area contributed by atoms with Crippen molar-refractivity contribution in [1.29, 1.82) is 0 Å². The predicted octanol–water partition coefficient (Wildman–Crippen LogP) is 0.0318. The molecule has 5 heteroatoms. The van der Waals surface area contributed by atoms with Crippen LogP contribution in [0.4, 0.5) is 0 Å². The summed E-state index contributed by atoms with van der Waals surface area (Å²) in [4.78, 5) is 13.6. The Bertz CT molecular complexity index is 506. The first-order chi connectivity index (χ1) is 7.20. The van der Waals surface area contributed by atoms with Crippen LogP contribution in [0, 0.1) is 0 Å². The number of H-pyrrole nitrogens is 1. The standard InChI is InChI=1S/C10H9BNO3/c13-10(14)3-6-5-12-9-2-1-7(11-15)4-8(6)9/h1-2,4-5,12,15H,3H2,(H,13,14). The zero-order valence-corrected chi connectivity index (χ0v) is 7.90. The quantitative estimate of drug-likeness (QED) is 0.614. The zero-order chi connectivity index (χ0) is 10.8. The molecule has 0 aliphatic carbocycles. The third kappa shape index (κ3) is 1.87. The minimum absolute atomic E-state index is 0.0190. The normalized spacial score (nSPS) is 10.5. The summed E-state index contributed by atoms with van der Waals surface area (Å²) in [6.45, 7) is 0. The molecule has 15 heavy (non-hydrogen) atoms. The van der Waals surface area contributed by atoms with Gasteiger partial charge in [-0.3, -0.25) is 4.79 Å². The van der Waals surface area contributed by atoms with Crippen LogP contribution in [0.2, 0.25) is 0 Å². The zero-order valence-electron chi connectivity index (χ0n) is 7.90. The molecule has 1 aromatic carbocycles. The van der Waals surface area contributed by atoms with E-state index in [1.807, 2.05) is 6.07 Å². The molecule has 0 bridgehead atoms. The van der Waals surface area contributed by atoms with Crippen LogP contribution < -0.4 is 5.46 Å². The smallest absolute Gasteiger partial charge is 0.326 e. The van der Waals surface area contributed by atoms with Gasteiger partial charge in [0.2, 0.25) is 0 Å². The van der Waals surface area contributed by atoms with Crippen LogP contribution in [0.25, 0.3) is 10.9 Å². The first-order valence-electron chi connectivity index (χ1n) is 4.50. The number of aliphatic carboxylic acids is 1. The maximum absolute atomic E-state index is 10.6. The number of carboxylic acids is 1. The van der Waals surface area contributed by atoms with E-state index < -0.39 is 5.97 Å². The van der Waals surface area contributed by atoms with E-state index in [4.69, 9.17) is 10.1 Å². The number of nitrogens with one attached hydrogen (secondary N) is 1. The molecule has 0 unspecified atom stereocenters. The highest BCUT2D eigenvalue weighted by Crippen LogP contribution is 2.17. The van der Waals surface area contributed by atoms with E-state index in [0.717, 1.165) is 23.9 Å². The highest BCUT2D eigenvalue weighted by atomic mass is 16.4. The summed E-state index contributed by atoms with van der Waals surface area (Å²) in [6, 6.07) is 5.32. The number of benzene rings is 1. The van der Waals surface area contributed by atoms with E-state index in [-0.39, 0.29) is 6.42 Å². The Balaban J connectivity index is 2.51. The highest BCUT2D eigenvalue weighted by molar-refractivity contribution is 6.46. The van der Waals surface area contributed by atoms with Crippen molar-refractivity contribution in [3.05, 3.63) is 30.0 Å². The lowest BCUT2D eigenvalue weighted by atomic mass is 9.87. The Labute approximate surface area is 86.8 Å². The van der Waals surface area contributed by atoms with Crippen LogP contribution >= 0.6 is 0 Å². The summed E-state index contributed by atoms with van der Waals surface area (Å²) in [7, 11) is 0.997. The van der Waals surface area contributed by atoms with E-state index in [1.165, 1.54) is 0 Å². The molecule has 1 heterocycles. The largest absolute Gasteiger partial charge is 0.481 e. The van der Waals surface area contributed by atoms with Crippen LogP contribution in [0.3, 0.4) is 0 Å². The molecule has 0 fully saturated rings. The molecule has 0 amide bonds. The monoisotopic (exact) mass is 202 g/mol. The number of fused-ring (bicyclic) bond motifs is 1. The fraction of sp³-hybridized carbons (Fsp3) is 0.100. The SMILES string of the molecule is O=C(O)Cc1c[nH]c2ccc([B]O)cc12. The second-order valence-corrected chi connectivity index (χ2v) is 3.32. The lowest BCUT2D eigenvalue weighted by Gasteiger charge is -1.97. The Morgan fingerprint density at radius 2 is 2.27 bits per heavy atom. The highest BCUT2D eigenvalue weighted by Gasteiger charge is 2.08. The Morgan fingerprint density at radius 1 is 1.47 bits per heavy atom. The average molecular weight is 202 g/mol. The first kappa shape index (κ1) is 9.80. The molecule has 0 saturated heterocycles. The number of carboxylic acid groups (broad SMARTS) is 1. The Hall–Kier alpha value is -1.75. The maximum atomic E-state index is 10.6. The molecule has 4 nitrogen and oxygen atoms in total. The molecular formula is C10H9BNO3. The topological polar surface area (TPSA) is 73.3 Å². The number of carbonyl (C=O) groups is 1. The number of aromatic nitrogens is 1. The molecule has 2 aromatic rings. The van der Waals surface area contributed by atoms with E-state index in [2.05, 4.69) is 4.98 Å².